The third-order valence-corrected chi connectivity index (χ3v) is 5.69. The molecule has 1 amide bonds. The first kappa shape index (κ1) is 19.7. The highest BCUT2D eigenvalue weighted by atomic mass is 32.2. The van der Waals surface area contributed by atoms with Crippen LogP contribution in [0.3, 0.4) is 0 Å². The minimum Gasteiger partial charge on any atom is -0.480 e. The Bertz CT molecular complexity index is 861. The Labute approximate surface area is 152 Å². The van der Waals surface area contributed by atoms with Gasteiger partial charge < -0.3 is 10.4 Å². The van der Waals surface area contributed by atoms with E-state index in [1.807, 2.05) is 18.2 Å². The summed E-state index contributed by atoms with van der Waals surface area (Å²) >= 11 is 0. The number of nitrogens with one attached hydrogen (secondary N) is 1. The Morgan fingerprint density at radius 3 is 2.15 bits per heavy atom. The zero-order valence-electron chi connectivity index (χ0n) is 14.4. The van der Waals surface area contributed by atoms with Gasteiger partial charge in [-0.15, -0.1) is 0 Å². The van der Waals surface area contributed by atoms with Gasteiger partial charge in [-0.1, -0.05) is 49.4 Å². The Hall–Kier alpha value is -2.67. The van der Waals surface area contributed by atoms with Crippen LogP contribution in [0.25, 0.3) is 0 Å². The van der Waals surface area contributed by atoms with E-state index in [1.54, 1.807) is 31.2 Å². The molecule has 0 saturated heterocycles. The molecule has 0 unspecified atom stereocenters. The Morgan fingerprint density at radius 2 is 1.62 bits per heavy atom. The number of carbonyl (C=O) groups excluding carboxylic acids is 1. The maximum absolute atomic E-state index is 12.2. The van der Waals surface area contributed by atoms with Crippen LogP contribution < -0.4 is 5.32 Å². The largest absolute Gasteiger partial charge is 0.480 e. The third-order valence-electron chi connectivity index (χ3n) is 3.94. The first-order valence-corrected chi connectivity index (χ1v) is 9.85. The van der Waals surface area contributed by atoms with E-state index in [0.717, 1.165) is 5.56 Å². The molecule has 0 fully saturated rings. The number of carboxylic acid groups (broad SMARTS) is 1. The topological polar surface area (TPSA) is 101 Å². The Kier molecular flexibility index (Phi) is 6.52. The van der Waals surface area contributed by atoms with Crippen LogP contribution in [0.1, 0.15) is 18.1 Å². The summed E-state index contributed by atoms with van der Waals surface area (Å²) < 4.78 is 23.6. The molecule has 138 valence electrons. The van der Waals surface area contributed by atoms with Crippen LogP contribution in [0.2, 0.25) is 0 Å². The Morgan fingerprint density at radius 1 is 1.00 bits per heavy atom. The number of sulfone groups is 1. The second kappa shape index (κ2) is 8.62. The molecule has 2 N–H and O–H groups in total. The molecule has 2 rings (SSSR count). The number of carbonyl (C=O) groups is 2. The molecule has 1 atom stereocenters. The predicted molar refractivity (Wildman–Crippen MR) is 97.6 cm³/mol. The van der Waals surface area contributed by atoms with Crippen molar-refractivity contribution in [2.24, 2.45) is 0 Å². The molecule has 7 heteroatoms. The summed E-state index contributed by atoms with van der Waals surface area (Å²) in [6.45, 7) is 1.56. The van der Waals surface area contributed by atoms with Crippen LogP contribution in [0.15, 0.2) is 59.5 Å². The monoisotopic (exact) mass is 375 g/mol. The molecule has 0 heterocycles. The highest BCUT2D eigenvalue weighted by Crippen LogP contribution is 2.13. The van der Waals surface area contributed by atoms with E-state index in [1.165, 1.54) is 12.1 Å². The molecule has 0 saturated carbocycles. The molecule has 0 spiro atoms. The molecule has 0 bridgehead atoms. The second-order valence-electron chi connectivity index (χ2n) is 5.87. The molecule has 2 aromatic rings. The highest BCUT2D eigenvalue weighted by Gasteiger charge is 2.20. The summed E-state index contributed by atoms with van der Waals surface area (Å²) in [6.07, 6.45) is 0.167. The number of rotatable bonds is 8. The minimum absolute atomic E-state index is 0.00656. The number of hydrogen-bond acceptors (Lipinski definition) is 4. The van der Waals surface area contributed by atoms with Gasteiger partial charge in [-0.2, -0.15) is 0 Å². The van der Waals surface area contributed by atoms with Crippen LogP contribution in [0.5, 0.6) is 0 Å². The molecule has 0 aliphatic rings. The number of carboxylic acids is 1. The predicted octanol–water partition coefficient (Wildman–Crippen LogP) is 1.83. The van der Waals surface area contributed by atoms with Crippen molar-refractivity contribution in [3.63, 3.8) is 0 Å². The fourth-order valence-corrected chi connectivity index (χ4v) is 3.35. The van der Waals surface area contributed by atoms with E-state index in [9.17, 15) is 23.1 Å². The van der Waals surface area contributed by atoms with Crippen molar-refractivity contribution in [2.45, 2.75) is 30.7 Å². The van der Waals surface area contributed by atoms with Crippen LogP contribution in [0, 0.1) is 0 Å². The Balaban J connectivity index is 2.01. The normalized spacial score (nSPS) is 12.3. The van der Waals surface area contributed by atoms with Gasteiger partial charge in [-0.25, -0.2) is 13.2 Å². The summed E-state index contributed by atoms with van der Waals surface area (Å²) in [4.78, 5) is 23.8. The average Bonchev–Trinajstić information content (AvgIpc) is 2.62. The van der Waals surface area contributed by atoms with Crippen molar-refractivity contribution in [1.82, 2.24) is 5.32 Å². The van der Waals surface area contributed by atoms with Gasteiger partial charge in [0.25, 0.3) is 0 Å². The SMILES string of the molecule is CCS(=O)(=O)c1ccc(CC(=O)N[C@H](Cc2ccccc2)C(=O)O)cc1. The molecule has 0 aromatic heterocycles. The summed E-state index contributed by atoms with van der Waals surface area (Å²) in [5.41, 5.74) is 1.43. The molecule has 0 aliphatic carbocycles. The van der Waals surface area contributed by atoms with Crippen LogP contribution in [-0.2, 0) is 32.3 Å². The molecular formula is C19H21NO5S. The first-order valence-electron chi connectivity index (χ1n) is 8.19. The smallest absolute Gasteiger partial charge is 0.326 e. The van der Waals surface area contributed by atoms with E-state index in [-0.39, 0.29) is 23.5 Å². The van der Waals surface area contributed by atoms with E-state index in [2.05, 4.69) is 5.32 Å². The van der Waals surface area contributed by atoms with E-state index in [0.29, 0.717) is 5.56 Å². The van der Waals surface area contributed by atoms with Crippen molar-refractivity contribution in [1.29, 1.82) is 0 Å². The maximum Gasteiger partial charge on any atom is 0.326 e. The van der Waals surface area contributed by atoms with E-state index in [4.69, 9.17) is 0 Å². The summed E-state index contributed by atoms with van der Waals surface area (Å²) in [5, 5.41) is 11.8. The van der Waals surface area contributed by atoms with Gasteiger partial charge in [0, 0.05) is 6.42 Å². The molecule has 0 radical (unpaired) electrons. The van der Waals surface area contributed by atoms with Crippen molar-refractivity contribution in [2.75, 3.05) is 5.75 Å². The zero-order chi connectivity index (χ0) is 19.2. The number of benzene rings is 2. The first-order chi connectivity index (χ1) is 12.3. The van der Waals surface area contributed by atoms with E-state index < -0.39 is 27.8 Å². The fourth-order valence-electron chi connectivity index (χ4n) is 2.46. The van der Waals surface area contributed by atoms with Gasteiger partial charge in [0.05, 0.1) is 17.1 Å². The van der Waals surface area contributed by atoms with Crippen molar-refractivity contribution < 1.29 is 23.1 Å². The van der Waals surface area contributed by atoms with Gasteiger partial charge in [0.15, 0.2) is 9.84 Å². The maximum atomic E-state index is 12.2. The molecule has 6 nitrogen and oxygen atoms in total. The lowest BCUT2D eigenvalue weighted by Crippen LogP contribution is -2.43. The standard InChI is InChI=1S/C19H21NO5S/c1-2-26(24,25)16-10-8-15(9-11-16)13-18(21)20-17(19(22)23)12-14-6-4-3-5-7-14/h3-11,17H,2,12-13H2,1H3,(H,20,21)(H,22,23)/t17-/m1/s1. The quantitative estimate of drug-likeness (QED) is 0.733. The highest BCUT2D eigenvalue weighted by molar-refractivity contribution is 7.91. The van der Waals surface area contributed by atoms with Crippen molar-refractivity contribution in [3.05, 3.63) is 65.7 Å². The molecular weight excluding hydrogens is 354 g/mol. The van der Waals surface area contributed by atoms with Gasteiger partial charge in [0.2, 0.25) is 5.91 Å². The van der Waals surface area contributed by atoms with Gasteiger partial charge in [0.1, 0.15) is 6.04 Å². The van der Waals surface area contributed by atoms with E-state index >= 15 is 0 Å². The summed E-state index contributed by atoms with van der Waals surface area (Å²) in [7, 11) is -3.29. The lowest BCUT2D eigenvalue weighted by atomic mass is 10.1. The van der Waals surface area contributed by atoms with Crippen LogP contribution in [-0.4, -0.2) is 37.2 Å². The van der Waals surface area contributed by atoms with Crippen molar-refractivity contribution in [3.8, 4) is 0 Å². The number of hydrogen-bond donors (Lipinski definition) is 2. The lowest BCUT2D eigenvalue weighted by Gasteiger charge is -2.15. The fraction of sp³-hybridized carbons (Fsp3) is 0.263. The average molecular weight is 375 g/mol. The third kappa shape index (κ3) is 5.42. The van der Waals surface area contributed by atoms with Gasteiger partial charge >= 0.3 is 5.97 Å². The second-order valence-corrected chi connectivity index (χ2v) is 8.15. The zero-order valence-corrected chi connectivity index (χ0v) is 15.2. The van der Waals surface area contributed by atoms with Crippen LogP contribution in [0.4, 0.5) is 0 Å². The minimum atomic E-state index is -3.29. The van der Waals surface area contributed by atoms with Crippen molar-refractivity contribution >= 4 is 21.7 Å². The number of amides is 1. The molecule has 26 heavy (non-hydrogen) atoms. The lowest BCUT2D eigenvalue weighted by molar-refractivity contribution is -0.141. The van der Waals surface area contributed by atoms with Crippen LogP contribution >= 0.6 is 0 Å². The summed E-state index contributed by atoms with van der Waals surface area (Å²) in [6, 6.07) is 14.1. The number of aliphatic carboxylic acids is 1. The van der Waals surface area contributed by atoms with Gasteiger partial charge in [-0.3, -0.25) is 4.79 Å². The van der Waals surface area contributed by atoms with Gasteiger partial charge in [-0.05, 0) is 23.3 Å². The molecule has 2 aromatic carbocycles. The summed E-state index contributed by atoms with van der Waals surface area (Å²) in [5.74, 6) is -1.53. The molecule has 0 aliphatic heterocycles.